The molecule has 0 bridgehead atoms. The van der Waals surface area contributed by atoms with E-state index in [1.54, 1.807) is 0 Å². The molecule has 1 aromatic heterocycles. The van der Waals surface area contributed by atoms with Gasteiger partial charge in [-0.1, -0.05) is 5.16 Å². The molecular formula is C9H7F2N3O. The number of hydrogen-bond donors (Lipinski definition) is 1. The fourth-order valence-electron chi connectivity index (χ4n) is 1.12. The van der Waals surface area contributed by atoms with Crippen LogP contribution in [0.2, 0.25) is 0 Å². The minimum atomic E-state index is -0.737. The van der Waals surface area contributed by atoms with Crippen molar-refractivity contribution >= 4 is 0 Å². The SMILES string of the molecule is NCc1nc(-c2ccc(F)cc2F)no1. The van der Waals surface area contributed by atoms with Gasteiger partial charge in [0, 0.05) is 6.07 Å². The highest BCUT2D eigenvalue weighted by Crippen LogP contribution is 2.20. The maximum atomic E-state index is 13.3. The van der Waals surface area contributed by atoms with Gasteiger partial charge < -0.3 is 10.3 Å². The van der Waals surface area contributed by atoms with Crippen molar-refractivity contribution in [1.29, 1.82) is 0 Å². The Morgan fingerprint density at radius 3 is 2.73 bits per heavy atom. The first kappa shape index (κ1) is 9.72. The van der Waals surface area contributed by atoms with Crippen LogP contribution in [-0.4, -0.2) is 10.1 Å². The van der Waals surface area contributed by atoms with Gasteiger partial charge in [0.05, 0.1) is 12.1 Å². The Morgan fingerprint density at radius 1 is 1.33 bits per heavy atom. The van der Waals surface area contributed by atoms with Crippen LogP contribution in [0.4, 0.5) is 8.78 Å². The molecule has 0 fully saturated rings. The van der Waals surface area contributed by atoms with E-state index in [4.69, 9.17) is 10.3 Å². The van der Waals surface area contributed by atoms with Gasteiger partial charge >= 0.3 is 0 Å². The number of rotatable bonds is 2. The molecule has 0 aliphatic heterocycles. The molecular weight excluding hydrogens is 204 g/mol. The van der Waals surface area contributed by atoms with Crippen LogP contribution in [0.25, 0.3) is 11.4 Å². The van der Waals surface area contributed by atoms with E-state index in [1.165, 1.54) is 6.07 Å². The van der Waals surface area contributed by atoms with E-state index in [2.05, 4.69) is 10.1 Å². The lowest BCUT2D eigenvalue weighted by molar-refractivity contribution is 0.380. The van der Waals surface area contributed by atoms with Crippen molar-refractivity contribution in [3.8, 4) is 11.4 Å². The highest BCUT2D eigenvalue weighted by molar-refractivity contribution is 5.54. The summed E-state index contributed by atoms with van der Waals surface area (Å²) in [6.07, 6.45) is 0. The monoisotopic (exact) mass is 211 g/mol. The van der Waals surface area contributed by atoms with Gasteiger partial charge in [-0.3, -0.25) is 0 Å². The van der Waals surface area contributed by atoms with E-state index < -0.39 is 11.6 Å². The second kappa shape index (κ2) is 3.74. The Labute approximate surface area is 83.7 Å². The molecule has 4 nitrogen and oxygen atoms in total. The lowest BCUT2D eigenvalue weighted by Crippen LogP contribution is -1.96. The summed E-state index contributed by atoms with van der Waals surface area (Å²) < 4.78 is 30.6. The van der Waals surface area contributed by atoms with Crippen LogP contribution < -0.4 is 5.73 Å². The summed E-state index contributed by atoms with van der Waals surface area (Å²) in [5, 5.41) is 3.52. The molecule has 0 amide bonds. The normalized spacial score (nSPS) is 10.6. The summed E-state index contributed by atoms with van der Waals surface area (Å²) in [7, 11) is 0. The van der Waals surface area contributed by atoms with Crippen molar-refractivity contribution in [3.63, 3.8) is 0 Å². The molecule has 2 N–H and O–H groups in total. The first-order valence-corrected chi connectivity index (χ1v) is 4.19. The number of nitrogens with zero attached hydrogens (tertiary/aromatic N) is 2. The number of benzene rings is 1. The lowest BCUT2D eigenvalue weighted by atomic mass is 10.2. The van der Waals surface area contributed by atoms with Gasteiger partial charge in [0.15, 0.2) is 0 Å². The van der Waals surface area contributed by atoms with Crippen LogP contribution in [-0.2, 0) is 6.54 Å². The molecule has 6 heteroatoms. The van der Waals surface area contributed by atoms with Gasteiger partial charge in [-0.15, -0.1) is 0 Å². The standard InChI is InChI=1S/C9H7F2N3O/c10-5-1-2-6(7(11)3-5)9-13-8(4-12)15-14-9/h1-3H,4,12H2. The third-order valence-electron chi connectivity index (χ3n) is 1.81. The molecule has 2 rings (SSSR count). The molecule has 0 aliphatic carbocycles. The summed E-state index contributed by atoms with van der Waals surface area (Å²) in [4.78, 5) is 3.82. The van der Waals surface area contributed by atoms with Crippen LogP contribution in [0.5, 0.6) is 0 Å². The van der Waals surface area contributed by atoms with Crippen molar-refractivity contribution in [3.05, 3.63) is 35.7 Å². The Hall–Kier alpha value is -1.82. The second-order valence-corrected chi connectivity index (χ2v) is 2.84. The smallest absolute Gasteiger partial charge is 0.240 e. The highest BCUT2D eigenvalue weighted by atomic mass is 19.1. The van der Waals surface area contributed by atoms with Gasteiger partial charge in [0.1, 0.15) is 11.6 Å². The molecule has 0 saturated heterocycles. The summed E-state index contributed by atoms with van der Waals surface area (Å²) in [5.41, 5.74) is 5.34. The zero-order chi connectivity index (χ0) is 10.8. The van der Waals surface area contributed by atoms with Crippen LogP contribution in [0.3, 0.4) is 0 Å². The average Bonchev–Trinajstić information content (AvgIpc) is 2.66. The zero-order valence-electron chi connectivity index (χ0n) is 7.58. The van der Waals surface area contributed by atoms with Gasteiger partial charge in [-0.2, -0.15) is 4.98 Å². The highest BCUT2D eigenvalue weighted by Gasteiger charge is 2.12. The molecule has 2 aromatic rings. The van der Waals surface area contributed by atoms with E-state index in [0.717, 1.165) is 12.1 Å². The van der Waals surface area contributed by atoms with Gasteiger partial charge in [0.2, 0.25) is 11.7 Å². The largest absolute Gasteiger partial charge is 0.338 e. The second-order valence-electron chi connectivity index (χ2n) is 2.84. The molecule has 0 spiro atoms. The molecule has 0 radical (unpaired) electrons. The minimum Gasteiger partial charge on any atom is -0.338 e. The number of hydrogen-bond acceptors (Lipinski definition) is 4. The summed E-state index contributed by atoms with van der Waals surface area (Å²) in [6.45, 7) is 0.0792. The maximum Gasteiger partial charge on any atom is 0.240 e. The Kier molecular flexibility index (Phi) is 2.42. The molecule has 15 heavy (non-hydrogen) atoms. The molecule has 78 valence electrons. The third kappa shape index (κ3) is 1.84. The van der Waals surface area contributed by atoms with Crippen molar-refractivity contribution in [1.82, 2.24) is 10.1 Å². The molecule has 0 unspecified atom stereocenters. The Balaban J connectivity index is 2.44. The topological polar surface area (TPSA) is 64.9 Å². The molecule has 1 heterocycles. The van der Waals surface area contributed by atoms with Crippen LogP contribution in [0, 0.1) is 11.6 Å². The molecule has 0 aliphatic rings. The van der Waals surface area contributed by atoms with Crippen LogP contribution in [0.15, 0.2) is 22.7 Å². The van der Waals surface area contributed by atoms with Crippen molar-refractivity contribution < 1.29 is 13.3 Å². The van der Waals surface area contributed by atoms with E-state index >= 15 is 0 Å². The van der Waals surface area contributed by atoms with E-state index in [-0.39, 0.29) is 23.8 Å². The van der Waals surface area contributed by atoms with E-state index in [9.17, 15) is 8.78 Å². The summed E-state index contributed by atoms with van der Waals surface area (Å²) >= 11 is 0. The van der Waals surface area contributed by atoms with Crippen molar-refractivity contribution in [2.24, 2.45) is 5.73 Å². The van der Waals surface area contributed by atoms with Gasteiger partial charge in [-0.05, 0) is 12.1 Å². The quantitative estimate of drug-likeness (QED) is 0.816. The van der Waals surface area contributed by atoms with Crippen LogP contribution >= 0.6 is 0 Å². The maximum absolute atomic E-state index is 13.3. The predicted octanol–water partition coefficient (Wildman–Crippen LogP) is 1.47. The summed E-state index contributed by atoms with van der Waals surface area (Å²) in [6, 6.07) is 3.13. The van der Waals surface area contributed by atoms with E-state index in [0.29, 0.717) is 0 Å². The van der Waals surface area contributed by atoms with Gasteiger partial charge in [0.25, 0.3) is 0 Å². The lowest BCUT2D eigenvalue weighted by Gasteiger charge is -1.96. The third-order valence-corrected chi connectivity index (χ3v) is 1.81. The number of aromatic nitrogens is 2. The average molecular weight is 211 g/mol. The molecule has 0 atom stereocenters. The Bertz CT molecular complexity index is 484. The van der Waals surface area contributed by atoms with Crippen molar-refractivity contribution in [2.75, 3.05) is 0 Å². The minimum absolute atomic E-state index is 0.0629. The molecule has 0 saturated carbocycles. The number of halogens is 2. The first-order valence-electron chi connectivity index (χ1n) is 4.19. The van der Waals surface area contributed by atoms with Gasteiger partial charge in [-0.25, -0.2) is 8.78 Å². The summed E-state index contributed by atoms with van der Waals surface area (Å²) in [5.74, 6) is -1.13. The fourth-order valence-corrected chi connectivity index (χ4v) is 1.12. The number of nitrogens with two attached hydrogens (primary N) is 1. The molecule has 1 aromatic carbocycles. The first-order chi connectivity index (χ1) is 7.20. The van der Waals surface area contributed by atoms with Crippen LogP contribution in [0.1, 0.15) is 5.89 Å². The zero-order valence-corrected chi connectivity index (χ0v) is 7.58. The fraction of sp³-hybridized carbons (Fsp3) is 0.111. The Morgan fingerprint density at radius 2 is 2.13 bits per heavy atom. The van der Waals surface area contributed by atoms with E-state index in [1.807, 2.05) is 0 Å². The van der Waals surface area contributed by atoms with Crippen molar-refractivity contribution in [2.45, 2.75) is 6.54 Å². The predicted molar refractivity (Wildman–Crippen MR) is 47.5 cm³/mol.